The summed E-state index contributed by atoms with van der Waals surface area (Å²) in [6, 6.07) is 0.289. The SMILES string of the molecule is CCO[C@H]1OC(C(=O)NC2CCCC2)=C[C@@H](C2CCC2)[C@@H]1CCCO. The maximum Gasteiger partial charge on any atom is 0.286 e. The van der Waals surface area contributed by atoms with Gasteiger partial charge >= 0.3 is 0 Å². The fraction of sp³-hybridized carbons (Fsp3) is 0.850. The molecule has 0 unspecified atom stereocenters. The Morgan fingerprint density at radius 2 is 2.04 bits per heavy atom. The summed E-state index contributed by atoms with van der Waals surface area (Å²) in [4.78, 5) is 12.7. The van der Waals surface area contributed by atoms with E-state index >= 15 is 0 Å². The van der Waals surface area contributed by atoms with Crippen LogP contribution in [0.4, 0.5) is 0 Å². The molecule has 25 heavy (non-hydrogen) atoms. The molecule has 2 aliphatic carbocycles. The molecule has 3 aliphatic rings. The summed E-state index contributed by atoms with van der Waals surface area (Å²) in [6.45, 7) is 2.71. The Morgan fingerprint density at radius 1 is 1.28 bits per heavy atom. The standard InChI is InChI=1S/C20H33NO4/c1-2-24-20-16(11-6-12-22)17(14-7-5-8-14)13-18(25-20)19(23)21-15-9-3-4-10-15/h13-17,20,22H,2-12H2,1H3,(H,21,23)/t16-,17-,20-/m0/s1. The highest BCUT2D eigenvalue weighted by Crippen LogP contribution is 2.44. The molecule has 0 aromatic carbocycles. The Labute approximate surface area is 151 Å². The minimum Gasteiger partial charge on any atom is -0.459 e. The molecular formula is C20H33NO4. The zero-order chi connectivity index (χ0) is 17.6. The molecule has 5 nitrogen and oxygen atoms in total. The van der Waals surface area contributed by atoms with E-state index in [1.165, 1.54) is 32.1 Å². The smallest absolute Gasteiger partial charge is 0.286 e. The van der Waals surface area contributed by atoms with Crippen LogP contribution in [0.1, 0.15) is 64.7 Å². The Morgan fingerprint density at radius 3 is 2.64 bits per heavy atom. The first kappa shape index (κ1) is 18.7. The second-order valence-electron chi connectivity index (χ2n) is 7.73. The van der Waals surface area contributed by atoms with Crippen LogP contribution in [-0.4, -0.2) is 36.6 Å². The molecule has 5 heteroatoms. The largest absolute Gasteiger partial charge is 0.459 e. The Bertz CT molecular complexity index is 468. The molecular weight excluding hydrogens is 318 g/mol. The van der Waals surface area contributed by atoms with Crippen LogP contribution < -0.4 is 5.32 Å². The van der Waals surface area contributed by atoms with Gasteiger partial charge < -0.3 is 19.9 Å². The van der Waals surface area contributed by atoms with E-state index in [0.717, 1.165) is 25.7 Å². The van der Waals surface area contributed by atoms with Crippen molar-refractivity contribution in [1.82, 2.24) is 5.32 Å². The lowest BCUT2D eigenvalue weighted by Gasteiger charge is -2.43. The average Bonchev–Trinajstić information content (AvgIpc) is 3.05. The molecule has 0 aromatic heterocycles. The second-order valence-corrected chi connectivity index (χ2v) is 7.73. The molecule has 142 valence electrons. The van der Waals surface area contributed by atoms with E-state index in [9.17, 15) is 9.90 Å². The molecule has 1 amide bonds. The first-order chi connectivity index (χ1) is 12.2. The minimum atomic E-state index is -0.378. The van der Waals surface area contributed by atoms with Gasteiger partial charge in [-0.2, -0.15) is 0 Å². The van der Waals surface area contributed by atoms with Crippen LogP contribution in [-0.2, 0) is 14.3 Å². The summed E-state index contributed by atoms with van der Waals surface area (Å²) >= 11 is 0. The highest BCUT2D eigenvalue weighted by molar-refractivity contribution is 5.91. The number of carbonyl (C=O) groups excluding carboxylic acids is 1. The lowest BCUT2D eigenvalue weighted by Crippen LogP contribution is -2.44. The zero-order valence-electron chi connectivity index (χ0n) is 15.4. The number of hydrogen-bond donors (Lipinski definition) is 2. The van der Waals surface area contributed by atoms with E-state index < -0.39 is 0 Å². The van der Waals surface area contributed by atoms with Crippen molar-refractivity contribution in [3.8, 4) is 0 Å². The van der Waals surface area contributed by atoms with Crippen molar-refractivity contribution in [2.45, 2.75) is 77.0 Å². The number of aliphatic hydroxyl groups is 1. The zero-order valence-corrected chi connectivity index (χ0v) is 15.4. The summed E-state index contributed by atoms with van der Waals surface area (Å²) in [5.41, 5.74) is 0. The van der Waals surface area contributed by atoms with Gasteiger partial charge in [-0.05, 0) is 63.4 Å². The van der Waals surface area contributed by atoms with E-state index in [2.05, 4.69) is 11.4 Å². The van der Waals surface area contributed by atoms with Crippen molar-refractivity contribution < 1.29 is 19.4 Å². The third-order valence-corrected chi connectivity index (χ3v) is 6.07. The lowest BCUT2D eigenvalue weighted by atomic mass is 9.68. The van der Waals surface area contributed by atoms with Gasteiger partial charge in [-0.15, -0.1) is 0 Å². The van der Waals surface area contributed by atoms with Gasteiger partial charge in [-0.1, -0.05) is 19.3 Å². The first-order valence-electron chi connectivity index (χ1n) is 10.1. The summed E-state index contributed by atoms with van der Waals surface area (Å²) < 4.78 is 11.9. The minimum absolute atomic E-state index is 0.0819. The molecule has 0 spiro atoms. The quantitative estimate of drug-likeness (QED) is 0.705. The second kappa shape index (κ2) is 9.04. The highest BCUT2D eigenvalue weighted by Gasteiger charge is 2.42. The van der Waals surface area contributed by atoms with Crippen molar-refractivity contribution in [3.05, 3.63) is 11.8 Å². The number of allylic oxidation sites excluding steroid dienone is 1. The van der Waals surface area contributed by atoms with Crippen molar-refractivity contribution >= 4 is 5.91 Å². The van der Waals surface area contributed by atoms with Gasteiger partial charge in [0.15, 0.2) is 5.76 Å². The molecule has 3 atom stereocenters. The fourth-order valence-electron chi connectivity index (χ4n) is 4.48. The molecule has 1 heterocycles. The molecule has 2 fully saturated rings. The predicted octanol–water partition coefficient (Wildman–Crippen LogP) is 3.13. The third-order valence-electron chi connectivity index (χ3n) is 6.07. The summed E-state index contributed by atoms with van der Waals surface area (Å²) in [5, 5.41) is 12.4. The van der Waals surface area contributed by atoms with E-state index in [1.807, 2.05) is 6.92 Å². The highest BCUT2D eigenvalue weighted by atomic mass is 16.7. The number of nitrogens with one attached hydrogen (secondary N) is 1. The molecule has 0 saturated heterocycles. The number of ether oxygens (including phenoxy) is 2. The van der Waals surface area contributed by atoms with Crippen LogP contribution in [0, 0.1) is 17.8 Å². The summed E-state index contributed by atoms with van der Waals surface area (Å²) in [5.74, 6) is 1.52. The number of hydrogen-bond acceptors (Lipinski definition) is 4. The van der Waals surface area contributed by atoms with E-state index in [1.54, 1.807) is 0 Å². The van der Waals surface area contributed by atoms with Crippen LogP contribution >= 0.6 is 0 Å². The Hall–Kier alpha value is -1.07. The normalized spacial score (nSPS) is 30.5. The van der Waals surface area contributed by atoms with Crippen molar-refractivity contribution in [3.63, 3.8) is 0 Å². The van der Waals surface area contributed by atoms with Crippen LogP contribution in [0.2, 0.25) is 0 Å². The van der Waals surface area contributed by atoms with Gasteiger partial charge in [-0.25, -0.2) is 0 Å². The summed E-state index contributed by atoms with van der Waals surface area (Å²) in [7, 11) is 0. The van der Waals surface area contributed by atoms with Crippen molar-refractivity contribution in [2.24, 2.45) is 17.8 Å². The van der Waals surface area contributed by atoms with E-state index in [-0.39, 0.29) is 30.8 Å². The van der Waals surface area contributed by atoms with Gasteiger partial charge in [0.05, 0.1) is 0 Å². The van der Waals surface area contributed by atoms with E-state index in [0.29, 0.717) is 24.2 Å². The molecule has 0 bridgehead atoms. The fourth-order valence-corrected chi connectivity index (χ4v) is 4.48. The topological polar surface area (TPSA) is 67.8 Å². The van der Waals surface area contributed by atoms with Gasteiger partial charge in [-0.3, -0.25) is 4.79 Å². The molecule has 1 aliphatic heterocycles. The molecule has 3 rings (SSSR count). The van der Waals surface area contributed by atoms with E-state index in [4.69, 9.17) is 9.47 Å². The van der Waals surface area contributed by atoms with Crippen LogP contribution in [0.15, 0.2) is 11.8 Å². The maximum absolute atomic E-state index is 12.7. The van der Waals surface area contributed by atoms with Crippen molar-refractivity contribution in [1.29, 1.82) is 0 Å². The molecule has 2 N–H and O–H groups in total. The Kier molecular flexibility index (Phi) is 6.77. The van der Waals surface area contributed by atoms with Gasteiger partial charge in [0.1, 0.15) is 0 Å². The monoisotopic (exact) mass is 351 g/mol. The third kappa shape index (κ3) is 4.56. The molecule has 2 saturated carbocycles. The van der Waals surface area contributed by atoms with Gasteiger partial charge in [0.2, 0.25) is 6.29 Å². The van der Waals surface area contributed by atoms with Gasteiger partial charge in [0.25, 0.3) is 5.91 Å². The number of aliphatic hydroxyl groups excluding tert-OH is 1. The number of amides is 1. The number of carbonyl (C=O) groups is 1. The van der Waals surface area contributed by atoms with Crippen LogP contribution in [0.5, 0.6) is 0 Å². The number of rotatable bonds is 8. The molecule has 0 aromatic rings. The summed E-state index contributed by atoms with van der Waals surface area (Å²) in [6.07, 6.45) is 11.5. The predicted molar refractivity (Wildman–Crippen MR) is 95.6 cm³/mol. The molecule has 0 radical (unpaired) electrons. The average molecular weight is 351 g/mol. The van der Waals surface area contributed by atoms with Crippen molar-refractivity contribution in [2.75, 3.05) is 13.2 Å². The van der Waals surface area contributed by atoms with Gasteiger partial charge in [0, 0.05) is 25.2 Å². The lowest BCUT2D eigenvalue weighted by molar-refractivity contribution is -0.178. The maximum atomic E-state index is 12.7. The van der Waals surface area contributed by atoms with Crippen LogP contribution in [0.3, 0.4) is 0 Å². The van der Waals surface area contributed by atoms with Crippen LogP contribution in [0.25, 0.3) is 0 Å². The Balaban J connectivity index is 1.74. The first-order valence-corrected chi connectivity index (χ1v) is 10.1.